The number of para-hydroxylation sites is 3. The van der Waals surface area contributed by atoms with E-state index in [1.54, 1.807) is 0 Å². The van der Waals surface area contributed by atoms with E-state index in [4.69, 9.17) is 34.9 Å². The van der Waals surface area contributed by atoms with Crippen LogP contribution < -0.4 is 0 Å². The van der Waals surface area contributed by atoms with Crippen LogP contribution in [0.25, 0.3) is 218 Å². The third-order valence-electron chi connectivity index (χ3n) is 28.7. The van der Waals surface area contributed by atoms with Gasteiger partial charge in [-0.2, -0.15) is 0 Å². The molecule has 0 fully saturated rings. The SMILES string of the molecule is CC1(C)c2ccccc2-c2cc3c4ccccc4n(-c4ccc(-c5nc(-c6ccccc6)cc(-c6ccccc6)n5)cc4)c3cc21.CC1(C)c2ccccc2-c2cc3c4ccccc4n(-c4cccc(-c5nc(-c6ccccc6)cc(-c6ccccc6)n5)c4)c3cc21.CC1(C)c2ccccc2-c2cc3c4ccccc4n(-c4cccc(-c5nc(-c6ccccc6)nc(-c6ccccc6)n5)c4)c3cc21. The predicted molar refractivity (Wildman–Crippen MR) is 569 cm³/mol. The molecule has 10 heteroatoms. The Hall–Kier alpha value is -17.5. The molecular formula is C128H92N10. The van der Waals surface area contributed by atoms with Gasteiger partial charge < -0.3 is 13.7 Å². The van der Waals surface area contributed by atoms with E-state index in [-0.39, 0.29) is 16.2 Å². The second-order valence-corrected chi connectivity index (χ2v) is 37.9. The zero-order chi connectivity index (χ0) is 92.5. The Morgan fingerprint density at radius 1 is 0.152 bits per heavy atom. The molecule has 0 saturated carbocycles. The highest BCUT2D eigenvalue weighted by Gasteiger charge is 2.40. The number of hydrogen-bond acceptors (Lipinski definition) is 7. The molecule has 0 saturated heterocycles. The van der Waals surface area contributed by atoms with Crippen LogP contribution in [0.3, 0.4) is 0 Å². The third-order valence-corrected chi connectivity index (χ3v) is 28.7. The summed E-state index contributed by atoms with van der Waals surface area (Å²) in [6.45, 7) is 14.1. The van der Waals surface area contributed by atoms with Gasteiger partial charge in [-0.25, -0.2) is 34.9 Å². The molecular weight excluding hydrogens is 1680 g/mol. The van der Waals surface area contributed by atoms with Crippen molar-refractivity contribution in [2.45, 2.75) is 57.8 Å². The van der Waals surface area contributed by atoms with E-state index >= 15 is 0 Å². The van der Waals surface area contributed by atoms with Gasteiger partial charge in [0, 0.05) is 116 Å². The van der Waals surface area contributed by atoms with Crippen molar-refractivity contribution in [3.05, 3.63) is 482 Å². The second kappa shape index (κ2) is 33.0. The highest BCUT2D eigenvalue weighted by molar-refractivity contribution is 6.15. The molecule has 0 spiro atoms. The summed E-state index contributed by atoms with van der Waals surface area (Å²) in [7, 11) is 0. The fourth-order valence-corrected chi connectivity index (χ4v) is 21.8. The summed E-state index contributed by atoms with van der Waals surface area (Å²) in [5.74, 6) is 3.38. The van der Waals surface area contributed by atoms with Gasteiger partial charge in [0.1, 0.15) is 0 Å². The van der Waals surface area contributed by atoms with E-state index in [1.165, 1.54) is 132 Å². The predicted octanol–water partition coefficient (Wildman–Crippen LogP) is 32.0. The van der Waals surface area contributed by atoms with Crippen LogP contribution in [-0.2, 0) is 16.2 Å². The molecule has 3 aliphatic carbocycles. The van der Waals surface area contributed by atoms with Crippen molar-refractivity contribution in [2.24, 2.45) is 0 Å². The fourth-order valence-electron chi connectivity index (χ4n) is 21.8. The molecule has 6 heterocycles. The van der Waals surface area contributed by atoms with Gasteiger partial charge in [0.05, 0.1) is 55.9 Å². The van der Waals surface area contributed by atoms with E-state index in [2.05, 4.69) is 419 Å². The van der Waals surface area contributed by atoms with Crippen molar-refractivity contribution < 1.29 is 0 Å². The molecule has 0 bridgehead atoms. The van der Waals surface area contributed by atoms with Gasteiger partial charge in [-0.1, -0.05) is 375 Å². The Kier molecular flexibility index (Phi) is 19.7. The van der Waals surface area contributed by atoms with E-state index in [9.17, 15) is 0 Å². The minimum atomic E-state index is -0.0875. The monoisotopic (exact) mass is 1770 g/mol. The smallest absolute Gasteiger partial charge is 0.164 e. The molecule has 18 aromatic carbocycles. The van der Waals surface area contributed by atoms with E-state index in [0.29, 0.717) is 29.1 Å². The maximum absolute atomic E-state index is 5.12. The summed E-state index contributed by atoms with van der Waals surface area (Å²) in [6, 6.07) is 159. The summed E-state index contributed by atoms with van der Waals surface area (Å²) < 4.78 is 7.21. The van der Waals surface area contributed by atoms with Gasteiger partial charge in [0.2, 0.25) is 0 Å². The summed E-state index contributed by atoms with van der Waals surface area (Å²) in [5.41, 5.74) is 39.3. The first-order valence-corrected chi connectivity index (χ1v) is 47.4. The van der Waals surface area contributed by atoms with Crippen LogP contribution in [0.4, 0.5) is 0 Å². The number of benzene rings is 18. The standard InChI is InChI=1S/2C43H31N3.C42H30N4/c1-43(2)36-22-11-9-20-32(36)34-25-35-33-21-10-12-23-40(33)46(41(35)26-37(34)43)31-19-13-18-30(24-31)42-44-38(28-14-5-3-6-15-28)27-39(45-42)29-16-7-4-8-17-29;1-43(2)36-19-11-9-17-32(36)34-25-35-33-18-10-12-20-40(33)46(41(35)26-37(34)43)31-23-21-30(22-24-31)42-44-38(28-13-5-3-6-14-28)27-39(45-42)29-15-7-4-8-16-29;1-42(2)35-22-11-9-20-31(35)33-25-34-32-21-10-12-23-37(32)46(38(34)26-36(33)42)30-19-13-18-29(24-30)41-44-39(27-14-5-3-6-15-27)43-40(45-41)28-16-7-4-8-17-28/h2*3-27H,1-2H3;3-26H,1-2H3. The maximum atomic E-state index is 5.12. The largest absolute Gasteiger partial charge is 0.309 e. The van der Waals surface area contributed by atoms with Crippen molar-refractivity contribution in [3.8, 4) is 152 Å². The Labute approximate surface area is 801 Å². The normalized spacial score (nSPS) is 13.2. The zero-order valence-electron chi connectivity index (χ0n) is 77.2. The van der Waals surface area contributed by atoms with Crippen LogP contribution in [0.1, 0.15) is 74.9 Å². The Morgan fingerprint density at radius 3 is 0.725 bits per heavy atom. The van der Waals surface area contributed by atoms with E-state index in [1.807, 2.05) is 84.9 Å². The molecule has 27 rings (SSSR count). The summed E-state index contributed by atoms with van der Waals surface area (Å²) in [6.07, 6.45) is 0. The zero-order valence-corrected chi connectivity index (χ0v) is 77.2. The van der Waals surface area contributed by atoms with Crippen LogP contribution in [0.5, 0.6) is 0 Å². The number of nitrogens with zero attached hydrogens (tertiary/aromatic N) is 10. The van der Waals surface area contributed by atoms with Crippen molar-refractivity contribution in [1.29, 1.82) is 0 Å². The Bertz CT molecular complexity index is 8420. The lowest BCUT2D eigenvalue weighted by Gasteiger charge is -2.21. The van der Waals surface area contributed by atoms with Crippen LogP contribution >= 0.6 is 0 Å². The second-order valence-electron chi connectivity index (χ2n) is 37.9. The van der Waals surface area contributed by atoms with Gasteiger partial charge in [-0.05, 0) is 182 Å². The maximum Gasteiger partial charge on any atom is 0.164 e. The molecule has 6 aromatic heterocycles. The van der Waals surface area contributed by atoms with Crippen LogP contribution in [0, 0.1) is 0 Å². The topological polar surface area (TPSA) is 105 Å². The molecule has 0 atom stereocenters. The molecule has 0 amide bonds. The van der Waals surface area contributed by atoms with Crippen molar-refractivity contribution in [2.75, 3.05) is 0 Å². The van der Waals surface area contributed by atoms with E-state index in [0.717, 1.165) is 89.9 Å². The van der Waals surface area contributed by atoms with Crippen molar-refractivity contribution >= 4 is 65.4 Å². The molecule has 0 radical (unpaired) electrons. The van der Waals surface area contributed by atoms with Gasteiger partial charge >= 0.3 is 0 Å². The average molecular weight is 1770 g/mol. The van der Waals surface area contributed by atoms with Crippen LogP contribution in [0.15, 0.2) is 449 Å². The summed E-state index contributed by atoms with van der Waals surface area (Å²) >= 11 is 0. The molecule has 654 valence electrons. The number of rotatable bonds is 12. The first-order chi connectivity index (χ1) is 67.7. The minimum absolute atomic E-state index is 0.0666. The molecule has 138 heavy (non-hydrogen) atoms. The quantitative estimate of drug-likeness (QED) is 0.120. The lowest BCUT2D eigenvalue weighted by atomic mass is 9.82. The van der Waals surface area contributed by atoms with Crippen LogP contribution in [0.2, 0.25) is 0 Å². The fraction of sp³-hybridized carbons (Fsp3) is 0.0703. The summed E-state index contributed by atoms with van der Waals surface area (Å²) in [5, 5.41) is 7.55. The number of aromatic nitrogens is 10. The molecule has 0 aliphatic heterocycles. The molecule has 0 unspecified atom stereocenters. The average Bonchev–Trinajstić information content (AvgIpc) is 1.56. The lowest BCUT2D eigenvalue weighted by Crippen LogP contribution is -2.15. The van der Waals surface area contributed by atoms with Gasteiger partial charge in [0.15, 0.2) is 29.1 Å². The van der Waals surface area contributed by atoms with Crippen molar-refractivity contribution in [1.82, 2.24) is 48.6 Å². The highest BCUT2D eigenvalue weighted by atomic mass is 15.0. The third kappa shape index (κ3) is 14.0. The molecule has 3 aliphatic rings. The first kappa shape index (κ1) is 82.4. The minimum Gasteiger partial charge on any atom is -0.309 e. The molecule has 0 N–H and O–H groups in total. The summed E-state index contributed by atoms with van der Waals surface area (Å²) in [4.78, 5) is 35.2. The highest BCUT2D eigenvalue weighted by Crippen LogP contribution is 2.55. The number of fused-ring (bicyclic) bond motifs is 18. The Morgan fingerprint density at radius 2 is 0.399 bits per heavy atom. The molecule has 24 aromatic rings. The first-order valence-electron chi connectivity index (χ1n) is 47.4. The lowest BCUT2D eigenvalue weighted by molar-refractivity contribution is 0.661. The van der Waals surface area contributed by atoms with Crippen LogP contribution in [-0.4, -0.2) is 48.6 Å². The van der Waals surface area contributed by atoms with Gasteiger partial charge in [-0.15, -0.1) is 0 Å². The number of hydrogen-bond donors (Lipinski definition) is 0. The van der Waals surface area contributed by atoms with Gasteiger partial charge in [-0.3, -0.25) is 0 Å². The van der Waals surface area contributed by atoms with Crippen molar-refractivity contribution in [3.63, 3.8) is 0 Å². The Balaban J connectivity index is 0.000000110. The van der Waals surface area contributed by atoms with E-state index < -0.39 is 0 Å². The molecule has 10 nitrogen and oxygen atoms in total. The van der Waals surface area contributed by atoms with Gasteiger partial charge in [0.25, 0.3) is 0 Å².